The molecule has 1 rings (SSSR count). The maximum Gasteiger partial charge on any atom is 0.240 e. The highest BCUT2D eigenvalue weighted by atomic mass is 35.5. The zero-order valence-electron chi connectivity index (χ0n) is 12.3. The smallest absolute Gasteiger partial charge is 0.240 e. The van der Waals surface area contributed by atoms with Crippen molar-refractivity contribution in [2.45, 2.75) is 23.1 Å². The van der Waals surface area contributed by atoms with Gasteiger partial charge in [-0.1, -0.05) is 6.92 Å². The third kappa shape index (κ3) is 6.17. The lowest BCUT2D eigenvalue weighted by Gasteiger charge is -2.08. The Kier molecular flexibility index (Phi) is 8.48. The van der Waals surface area contributed by atoms with Crippen LogP contribution in [0.4, 0.5) is 4.39 Å². The Labute approximate surface area is 136 Å². The van der Waals surface area contributed by atoms with Gasteiger partial charge in [-0.3, -0.25) is 0 Å². The molecule has 0 heterocycles. The molecule has 0 bridgehead atoms. The summed E-state index contributed by atoms with van der Waals surface area (Å²) < 4.78 is 62.4. The maximum absolute atomic E-state index is 13.7. The van der Waals surface area contributed by atoms with Crippen LogP contribution in [0.25, 0.3) is 0 Å². The molecule has 0 saturated carbocycles. The van der Waals surface area contributed by atoms with Crippen molar-refractivity contribution in [3.05, 3.63) is 24.0 Å². The molecule has 0 radical (unpaired) electrons. The largest absolute Gasteiger partial charge is 0.315 e. The number of rotatable bonds is 8. The fraction of sp³-hybridized carbons (Fsp3) is 0.500. The number of sulfone groups is 1. The topological polar surface area (TPSA) is 92.3 Å². The molecule has 0 fully saturated rings. The number of hydrogen-bond acceptors (Lipinski definition) is 5. The molecule has 10 heteroatoms. The van der Waals surface area contributed by atoms with E-state index in [9.17, 15) is 21.2 Å². The lowest BCUT2D eigenvalue weighted by Crippen LogP contribution is -2.32. The van der Waals surface area contributed by atoms with E-state index in [0.717, 1.165) is 31.4 Å². The lowest BCUT2D eigenvalue weighted by molar-refractivity contribution is 0.559. The molecule has 0 aromatic heterocycles. The highest BCUT2D eigenvalue weighted by Crippen LogP contribution is 2.18. The van der Waals surface area contributed by atoms with Crippen molar-refractivity contribution in [2.75, 3.05) is 25.9 Å². The highest BCUT2D eigenvalue weighted by molar-refractivity contribution is 7.90. The second-order valence-electron chi connectivity index (χ2n) is 4.51. The Morgan fingerprint density at radius 3 is 2.23 bits per heavy atom. The molecule has 0 aliphatic heterocycles. The summed E-state index contributed by atoms with van der Waals surface area (Å²) in [5.41, 5.74) is 0. The summed E-state index contributed by atoms with van der Waals surface area (Å²) in [7, 11) is -7.58. The molecule has 128 valence electrons. The van der Waals surface area contributed by atoms with Gasteiger partial charge in [0.15, 0.2) is 9.84 Å². The van der Waals surface area contributed by atoms with Crippen LogP contribution in [0.2, 0.25) is 0 Å². The number of hydrogen-bond donors (Lipinski definition) is 2. The Morgan fingerprint density at radius 1 is 1.09 bits per heavy atom. The molecular formula is C12H20ClFN2O4S2. The summed E-state index contributed by atoms with van der Waals surface area (Å²) in [4.78, 5) is -0.825. The summed E-state index contributed by atoms with van der Waals surface area (Å²) in [6.45, 7) is 3.39. The van der Waals surface area contributed by atoms with Crippen molar-refractivity contribution in [1.29, 1.82) is 0 Å². The molecular weight excluding hydrogens is 355 g/mol. The Morgan fingerprint density at radius 2 is 1.73 bits per heavy atom. The van der Waals surface area contributed by atoms with Gasteiger partial charge in [0.1, 0.15) is 10.7 Å². The fourth-order valence-electron chi connectivity index (χ4n) is 1.61. The van der Waals surface area contributed by atoms with Gasteiger partial charge in [-0.25, -0.2) is 25.9 Å². The normalized spacial score (nSPS) is 12.0. The van der Waals surface area contributed by atoms with Crippen LogP contribution in [-0.2, 0) is 19.9 Å². The zero-order chi connectivity index (χ0) is 16.1. The van der Waals surface area contributed by atoms with Gasteiger partial charge in [0.2, 0.25) is 10.0 Å². The summed E-state index contributed by atoms with van der Waals surface area (Å²) in [5, 5.41) is 3.02. The van der Waals surface area contributed by atoms with Gasteiger partial charge in [-0.15, -0.1) is 12.4 Å². The van der Waals surface area contributed by atoms with Gasteiger partial charge in [-0.05, 0) is 31.2 Å². The van der Waals surface area contributed by atoms with Gasteiger partial charge < -0.3 is 5.32 Å². The van der Waals surface area contributed by atoms with Gasteiger partial charge >= 0.3 is 0 Å². The third-order valence-electron chi connectivity index (χ3n) is 2.63. The van der Waals surface area contributed by atoms with E-state index in [-0.39, 0.29) is 23.8 Å². The second kappa shape index (κ2) is 8.78. The predicted octanol–water partition coefficient (Wildman–Crippen LogP) is 0.929. The average molecular weight is 375 g/mol. The molecule has 0 atom stereocenters. The van der Waals surface area contributed by atoms with Crippen LogP contribution < -0.4 is 10.0 Å². The highest BCUT2D eigenvalue weighted by Gasteiger charge is 2.19. The number of sulfonamides is 1. The summed E-state index contributed by atoms with van der Waals surface area (Å²) in [6, 6.07) is 2.73. The van der Waals surface area contributed by atoms with E-state index in [4.69, 9.17) is 0 Å². The first-order chi connectivity index (χ1) is 9.68. The lowest BCUT2D eigenvalue weighted by atomic mass is 10.3. The van der Waals surface area contributed by atoms with Crippen LogP contribution in [0, 0.1) is 5.82 Å². The van der Waals surface area contributed by atoms with Gasteiger partial charge in [0, 0.05) is 19.3 Å². The zero-order valence-corrected chi connectivity index (χ0v) is 14.7. The van der Waals surface area contributed by atoms with E-state index < -0.39 is 30.6 Å². The second-order valence-corrected chi connectivity index (χ2v) is 8.26. The van der Waals surface area contributed by atoms with Crippen LogP contribution in [0.3, 0.4) is 0 Å². The van der Waals surface area contributed by atoms with E-state index >= 15 is 0 Å². The van der Waals surface area contributed by atoms with Crippen LogP contribution in [0.1, 0.15) is 13.3 Å². The first-order valence-corrected chi connectivity index (χ1v) is 9.76. The molecule has 1 aromatic rings. The van der Waals surface area contributed by atoms with Crippen LogP contribution in [-0.4, -0.2) is 42.7 Å². The molecule has 0 unspecified atom stereocenters. The van der Waals surface area contributed by atoms with Gasteiger partial charge in [-0.2, -0.15) is 0 Å². The predicted molar refractivity (Wildman–Crippen MR) is 85.1 cm³/mol. The minimum Gasteiger partial charge on any atom is -0.315 e. The molecule has 0 aliphatic rings. The van der Waals surface area contributed by atoms with E-state index in [1.54, 1.807) is 0 Å². The van der Waals surface area contributed by atoms with Crippen molar-refractivity contribution >= 4 is 32.3 Å². The van der Waals surface area contributed by atoms with E-state index in [1.807, 2.05) is 6.92 Å². The Hall–Kier alpha value is -0.740. The fourth-order valence-corrected chi connectivity index (χ4v) is 3.38. The molecule has 0 spiro atoms. The molecule has 6 nitrogen and oxygen atoms in total. The van der Waals surface area contributed by atoms with E-state index in [1.165, 1.54) is 0 Å². The van der Waals surface area contributed by atoms with Gasteiger partial charge in [0.05, 0.1) is 4.90 Å². The molecule has 0 aliphatic carbocycles. The molecule has 2 N–H and O–H groups in total. The summed E-state index contributed by atoms with van der Waals surface area (Å²) >= 11 is 0. The van der Waals surface area contributed by atoms with E-state index in [2.05, 4.69) is 10.0 Å². The van der Waals surface area contributed by atoms with Crippen LogP contribution in [0.15, 0.2) is 28.0 Å². The van der Waals surface area contributed by atoms with E-state index in [0.29, 0.717) is 12.6 Å². The first-order valence-electron chi connectivity index (χ1n) is 6.38. The van der Waals surface area contributed by atoms with Crippen molar-refractivity contribution in [3.63, 3.8) is 0 Å². The van der Waals surface area contributed by atoms with Crippen molar-refractivity contribution in [1.82, 2.24) is 10.0 Å². The third-order valence-corrected chi connectivity index (χ3v) is 5.22. The molecule has 0 saturated heterocycles. The minimum atomic E-state index is -3.86. The summed E-state index contributed by atoms with van der Waals surface area (Å²) in [5.74, 6) is -1.08. The van der Waals surface area contributed by atoms with Crippen molar-refractivity contribution < 1.29 is 21.2 Å². The number of halogens is 2. The van der Waals surface area contributed by atoms with Gasteiger partial charge in [0.25, 0.3) is 0 Å². The monoisotopic (exact) mass is 374 g/mol. The average Bonchev–Trinajstić information content (AvgIpc) is 2.36. The number of benzene rings is 1. The van der Waals surface area contributed by atoms with Crippen LogP contribution in [0.5, 0.6) is 0 Å². The quantitative estimate of drug-likeness (QED) is 0.660. The Bertz CT molecular complexity index is 693. The molecule has 22 heavy (non-hydrogen) atoms. The SMILES string of the molecule is CCCNCCNS(=O)(=O)c1ccc(S(C)(=O)=O)c(F)c1.Cl. The molecule has 0 amide bonds. The van der Waals surface area contributed by atoms with Crippen LogP contribution >= 0.6 is 12.4 Å². The molecule has 1 aromatic carbocycles. The minimum absolute atomic E-state index is 0. The number of nitrogens with one attached hydrogen (secondary N) is 2. The van der Waals surface area contributed by atoms with Crippen molar-refractivity contribution in [2.24, 2.45) is 0 Å². The summed E-state index contributed by atoms with van der Waals surface area (Å²) in [6.07, 6.45) is 1.79. The van der Waals surface area contributed by atoms with Crippen molar-refractivity contribution in [3.8, 4) is 0 Å². The Balaban J connectivity index is 0.00000441. The first kappa shape index (κ1) is 21.3. The maximum atomic E-state index is 13.7. The standard InChI is InChI=1S/C12H19FN2O4S2.ClH/c1-3-6-14-7-8-15-21(18,19)10-4-5-12(11(13)9-10)20(2,16)17;/h4-5,9,14-15H,3,6-8H2,1-2H3;1H.